The number of carbonyl (C=O) groups is 2. The van der Waals surface area contributed by atoms with Crippen molar-refractivity contribution in [2.75, 3.05) is 16.6 Å². The Hall–Kier alpha value is -3.22. The van der Waals surface area contributed by atoms with E-state index in [4.69, 9.17) is 21.4 Å². The van der Waals surface area contributed by atoms with Crippen LogP contribution in [0.2, 0.25) is 5.02 Å². The normalized spacial score (nSPS) is 11.0. The first-order valence-electron chi connectivity index (χ1n) is 8.51. The number of amides is 1. The molecule has 162 valence electrons. The second-order valence-electron chi connectivity index (χ2n) is 6.12. The number of ether oxygens (including phenoxy) is 1. The largest absolute Gasteiger partial charge is 0.483 e. The van der Waals surface area contributed by atoms with Crippen molar-refractivity contribution in [2.45, 2.75) is 11.8 Å². The van der Waals surface area contributed by atoms with Crippen molar-refractivity contribution in [1.29, 1.82) is 0 Å². The number of hydrogen-bond acceptors (Lipinski definition) is 8. The third kappa shape index (κ3) is 5.69. The molecule has 0 aliphatic carbocycles. The highest BCUT2D eigenvalue weighted by molar-refractivity contribution is 7.92. The first-order chi connectivity index (χ1) is 14.7. The average Bonchev–Trinajstić information content (AvgIpc) is 3.19. The maximum atomic E-state index is 12.8. The second kappa shape index (κ2) is 9.29. The quantitative estimate of drug-likeness (QED) is 0.443. The van der Waals surface area contributed by atoms with Crippen molar-refractivity contribution in [1.82, 2.24) is 10.2 Å². The molecule has 0 saturated carbocycles. The molecule has 3 aromatic rings. The molecule has 0 spiro atoms. The number of sulfonamides is 1. The van der Waals surface area contributed by atoms with E-state index in [0.717, 1.165) is 11.3 Å². The minimum atomic E-state index is -4.18. The maximum absolute atomic E-state index is 12.8. The molecule has 0 bridgehead atoms. The van der Waals surface area contributed by atoms with Crippen LogP contribution < -0.4 is 14.8 Å². The Bertz CT molecular complexity index is 1230. The number of aromatic nitrogens is 2. The zero-order valence-corrected chi connectivity index (χ0v) is 18.2. The van der Waals surface area contributed by atoms with Gasteiger partial charge in [0.1, 0.15) is 16.2 Å². The van der Waals surface area contributed by atoms with E-state index in [1.165, 1.54) is 41.9 Å². The predicted molar refractivity (Wildman–Crippen MR) is 114 cm³/mol. The molecule has 0 saturated heterocycles. The summed E-state index contributed by atoms with van der Waals surface area (Å²) in [5.74, 6) is -1.56. The molecule has 13 heteroatoms. The smallest absolute Gasteiger partial charge is 0.335 e. The Kier molecular flexibility index (Phi) is 6.73. The van der Waals surface area contributed by atoms with Crippen LogP contribution >= 0.6 is 22.9 Å². The molecule has 3 rings (SSSR count). The molecule has 0 radical (unpaired) electrons. The summed E-state index contributed by atoms with van der Waals surface area (Å²) in [6.45, 7) is 1.25. The van der Waals surface area contributed by atoms with E-state index in [2.05, 4.69) is 20.2 Å². The van der Waals surface area contributed by atoms with Gasteiger partial charge in [-0.25, -0.2) is 13.2 Å². The summed E-state index contributed by atoms with van der Waals surface area (Å²) in [7, 11) is -4.18. The van der Waals surface area contributed by atoms with Crippen molar-refractivity contribution < 1.29 is 27.9 Å². The third-order valence-electron chi connectivity index (χ3n) is 3.85. The molecule has 0 aliphatic heterocycles. The summed E-state index contributed by atoms with van der Waals surface area (Å²) >= 11 is 7.27. The van der Waals surface area contributed by atoms with E-state index < -0.39 is 28.5 Å². The number of carboxylic acid groups (broad SMARTS) is 1. The lowest BCUT2D eigenvalue weighted by Crippen LogP contribution is -2.20. The van der Waals surface area contributed by atoms with Crippen LogP contribution in [0.3, 0.4) is 0 Å². The molecule has 0 aliphatic rings. The molecule has 0 fully saturated rings. The van der Waals surface area contributed by atoms with E-state index in [1.54, 1.807) is 6.92 Å². The van der Waals surface area contributed by atoms with Crippen LogP contribution in [0.4, 0.5) is 10.8 Å². The van der Waals surface area contributed by atoms with Gasteiger partial charge < -0.3 is 9.84 Å². The van der Waals surface area contributed by atoms with Crippen molar-refractivity contribution in [3.63, 3.8) is 0 Å². The Balaban J connectivity index is 1.79. The van der Waals surface area contributed by atoms with E-state index in [-0.39, 0.29) is 26.9 Å². The van der Waals surface area contributed by atoms with Crippen molar-refractivity contribution in [3.05, 3.63) is 58.1 Å². The molecule has 10 nitrogen and oxygen atoms in total. The molecule has 31 heavy (non-hydrogen) atoms. The first kappa shape index (κ1) is 22.5. The Morgan fingerprint density at radius 1 is 1.26 bits per heavy atom. The summed E-state index contributed by atoms with van der Waals surface area (Å²) < 4.78 is 33.4. The van der Waals surface area contributed by atoms with Crippen LogP contribution in [0.1, 0.15) is 15.9 Å². The van der Waals surface area contributed by atoms with Gasteiger partial charge in [-0.05, 0) is 36.8 Å². The number of aromatic carboxylic acids is 1. The average molecular weight is 483 g/mol. The van der Waals surface area contributed by atoms with Gasteiger partial charge in [0.2, 0.25) is 5.13 Å². The molecule has 1 heterocycles. The number of aryl methyl sites for hydroxylation is 1. The lowest BCUT2D eigenvalue weighted by atomic mass is 10.2. The van der Waals surface area contributed by atoms with Crippen LogP contribution in [0.15, 0.2) is 46.8 Å². The first-order valence-corrected chi connectivity index (χ1v) is 11.2. The fourth-order valence-corrected chi connectivity index (χ4v) is 4.56. The van der Waals surface area contributed by atoms with Crippen molar-refractivity contribution >= 4 is 55.7 Å². The predicted octanol–water partition coefficient (Wildman–Crippen LogP) is 3.02. The molecular weight excluding hydrogens is 468 g/mol. The molecule has 0 atom stereocenters. The van der Waals surface area contributed by atoms with Gasteiger partial charge >= 0.3 is 5.97 Å². The Morgan fingerprint density at radius 2 is 2.03 bits per heavy atom. The van der Waals surface area contributed by atoms with Crippen LogP contribution in [0.25, 0.3) is 0 Å². The van der Waals surface area contributed by atoms with Gasteiger partial charge in [-0.15, -0.1) is 10.2 Å². The Labute approximate surface area is 185 Å². The molecule has 1 amide bonds. The topological polar surface area (TPSA) is 148 Å². The number of rotatable bonds is 8. The van der Waals surface area contributed by atoms with Gasteiger partial charge in [0, 0.05) is 11.8 Å². The van der Waals surface area contributed by atoms with E-state index in [1.807, 2.05) is 0 Å². The highest BCUT2D eigenvalue weighted by Crippen LogP contribution is 2.31. The third-order valence-corrected chi connectivity index (χ3v) is 6.30. The van der Waals surface area contributed by atoms with Gasteiger partial charge in [0.15, 0.2) is 6.61 Å². The van der Waals surface area contributed by atoms with Crippen LogP contribution in [0.5, 0.6) is 5.75 Å². The Morgan fingerprint density at radius 3 is 2.71 bits per heavy atom. The monoisotopic (exact) mass is 482 g/mol. The standard InChI is InChI=1S/C18H15ClN4O6S2/c1-10-5-13(19)15(7-14(10)29-8-16(24)21-18-22-20-9-30-18)31(27,28)23-12-4-2-3-11(6-12)17(25)26/h2-7,9,23H,8H2,1H3,(H,25,26)(H,21,22,24). The van der Waals surface area contributed by atoms with Crippen molar-refractivity contribution in [3.8, 4) is 5.75 Å². The molecule has 3 N–H and O–H groups in total. The summed E-state index contributed by atoms with van der Waals surface area (Å²) in [6.07, 6.45) is 0. The van der Waals surface area contributed by atoms with Gasteiger partial charge in [0.25, 0.3) is 15.9 Å². The highest BCUT2D eigenvalue weighted by atomic mass is 35.5. The van der Waals surface area contributed by atoms with Crippen molar-refractivity contribution in [2.24, 2.45) is 0 Å². The lowest BCUT2D eigenvalue weighted by molar-refractivity contribution is -0.118. The van der Waals surface area contributed by atoms with Crippen LogP contribution in [-0.4, -0.2) is 42.2 Å². The zero-order chi connectivity index (χ0) is 22.6. The minimum Gasteiger partial charge on any atom is -0.483 e. The SMILES string of the molecule is Cc1cc(Cl)c(S(=O)(=O)Nc2cccc(C(=O)O)c2)cc1OCC(=O)Nc1nncs1. The number of carbonyl (C=O) groups excluding carboxylic acids is 1. The van der Waals surface area contributed by atoms with Gasteiger partial charge in [0.05, 0.1) is 10.6 Å². The summed E-state index contributed by atoms with van der Waals surface area (Å²) in [5.41, 5.74) is 1.94. The van der Waals surface area contributed by atoms with Gasteiger partial charge in [-0.2, -0.15) is 0 Å². The molecular formula is C18H15ClN4O6S2. The highest BCUT2D eigenvalue weighted by Gasteiger charge is 2.21. The fourth-order valence-electron chi connectivity index (χ4n) is 2.45. The fraction of sp³-hybridized carbons (Fsp3) is 0.111. The summed E-state index contributed by atoms with van der Waals surface area (Å²) in [4.78, 5) is 22.8. The number of benzene rings is 2. The number of hydrogen-bond donors (Lipinski definition) is 3. The van der Waals surface area contributed by atoms with E-state index >= 15 is 0 Å². The minimum absolute atomic E-state index is 0.0513. The number of halogens is 1. The molecule has 1 aromatic heterocycles. The summed E-state index contributed by atoms with van der Waals surface area (Å²) in [6, 6.07) is 7.90. The van der Waals surface area contributed by atoms with E-state index in [0.29, 0.717) is 10.7 Å². The number of carboxylic acids is 1. The van der Waals surface area contributed by atoms with Gasteiger partial charge in [-0.3, -0.25) is 14.8 Å². The maximum Gasteiger partial charge on any atom is 0.335 e. The van der Waals surface area contributed by atoms with E-state index in [9.17, 15) is 18.0 Å². The van der Waals surface area contributed by atoms with Gasteiger partial charge in [-0.1, -0.05) is 29.0 Å². The summed E-state index contributed by atoms with van der Waals surface area (Å²) in [5, 5.41) is 19.1. The second-order valence-corrected chi connectivity index (χ2v) is 9.01. The van der Waals surface area contributed by atoms with Crippen LogP contribution in [-0.2, 0) is 14.8 Å². The number of nitrogens with one attached hydrogen (secondary N) is 2. The number of nitrogens with zero attached hydrogens (tertiary/aromatic N) is 2. The number of anilines is 2. The van der Waals surface area contributed by atoms with Crippen LogP contribution in [0, 0.1) is 6.92 Å². The zero-order valence-electron chi connectivity index (χ0n) is 15.8. The molecule has 2 aromatic carbocycles. The lowest BCUT2D eigenvalue weighted by Gasteiger charge is -2.14. The molecule has 0 unspecified atom stereocenters.